The van der Waals surface area contributed by atoms with Crippen LogP contribution < -0.4 is 0 Å². The van der Waals surface area contributed by atoms with Gasteiger partial charge in [-0.25, -0.2) is 4.79 Å². The van der Waals surface area contributed by atoms with Crippen molar-refractivity contribution in [2.75, 3.05) is 0 Å². The monoisotopic (exact) mass is 267 g/mol. The van der Waals surface area contributed by atoms with E-state index < -0.39 is 5.97 Å². The quantitative estimate of drug-likeness (QED) is 0.900. The third-order valence-corrected chi connectivity index (χ3v) is 2.38. The molecule has 0 spiro atoms. The van der Waals surface area contributed by atoms with E-state index in [2.05, 4.69) is 26.1 Å². The van der Waals surface area contributed by atoms with Crippen molar-refractivity contribution in [1.29, 1.82) is 0 Å². The van der Waals surface area contributed by atoms with Gasteiger partial charge in [0.2, 0.25) is 0 Å². The third kappa shape index (κ3) is 1.89. The second-order valence-corrected chi connectivity index (χ2v) is 3.75. The SMILES string of the molecule is O=C(O)c1cc(Br)ccc1-n1cnnc1. The van der Waals surface area contributed by atoms with Gasteiger partial charge in [0.05, 0.1) is 11.3 Å². The van der Waals surface area contributed by atoms with E-state index in [1.165, 1.54) is 18.7 Å². The Bertz CT molecular complexity index is 496. The highest BCUT2D eigenvalue weighted by Gasteiger charge is 2.11. The summed E-state index contributed by atoms with van der Waals surface area (Å²) in [6.07, 6.45) is 2.91. The Morgan fingerprint density at radius 3 is 2.60 bits per heavy atom. The molecule has 0 atom stereocenters. The van der Waals surface area contributed by atoms with Crippen molar-refractivity contribution < 1.29 is 9.90 Å². The van der Waals surface area contributed by atoms with Crippen LogP contribution in [0.5, 0.6) is 0 Å². The van der Waals surface area contributed by atoms with Crippen LogP contribution in [-0.4, -0.2) is 25.8 Å². The molecule has 1 N–H and O–H groups in total. The van der Waals surface area contributed by atoms with Gasteiger partial charge in [0.25, 0.3) is 0 Å². The lowest BCUT2D eigenvalue weighted by Crippen LogP contribution is -2.04. The molecule has 1 heterocycles. The minimum Gasteiger partial charge on any atom is -0.478 e. The molecule has 0 unspecified atom stereocenters. The fraction of sp³-hybridized carbons (Fsp3) is 0. The second-order valence-electron chi connectivity index (χ2n) is 2.84. The van der Waals surface area contributed by atoms with Gasteiger partial charge >= 0.3 is 5.97 Å². The summed E-state index contributed by atoms with van der Waals surface area (Å²) in [5, 5.41) is 16.3. The summed E-state index contributed by atoms with van der Waals surface area (Å²) < 4.78 is 2.27. The molecule has 0 saturated carbocycles. The number of carbonyl (C=O) groups is 1. The molecule has 0 fully saturated rings. The summed E-state index contributed by atoms with van der Waals surface area (Å²) in [5.41, 5.74) is 0.736. The molecule has 0 aliphatic carbocycles. The zero-order valence-electron chi connectivity index (χ0n) is 7.46. The predicted molar refractivity (Wildman–Crippen MR) is 56.0 cm³/mol. The summed E-state index contributed by atoms with van der Waals surface area (Å²) in [6.45, 7) is 0. The molecule has 1 aromatic heterocycles. The van der Waals surface area contributed by atoms with E-state index >= 15 is 0 Å². The molecule has 5 nitrogen and oxygen atoms in total. The Hall–Kier alpha value is -1.69. The van der Waals surface area contributed by atoms with Crippen molar-refractivity contribution in [2.45, 2.75) is 0 Å². The molecule has 0 amide bonds. The molecule has 0 bridgehead atoms. The van der Waals surface area contributed by atoms with Crippen LogP contribution in [0.15, 0.2) is 35.3 Å². The lowest BCUT2D eigenvalue weighted by Gasteiger charge is -2.05. The first-order valence-corrected chi connectivity index (χ1v) is 4.85. The molecular weight excluding hydrogens is 262 g/mol. The van der Waals surface area contributed by atoms with Crippen LogP contribution >= 0.6 is 15.9 Å². The van der Waals surface area contributed by atoms with Crippen LogP contribution in [0.4, 0.5) is 0 Å². The molecule has 6 heteroatoms. The molecule has 1 aromatic carbocycles. The minimum absolute atomic E-state index is 0.198. The Labute approximate surface area is 93.5 Å². The van der Waals surface area contributed by atoms with Crippen LogP contribution in [0.3, 0.4) is 0 Å². The lowest BCUT2D eigenvalue weighted by atomic mass is 10.2. The minimum atomic E-state index is -0.986. The summed E-state index contributed by atoms with van der Waals surface area (Å²) in [6, 6.07) is 5.00. The van der Waals surface area contributed by atoms with Gasteiger partial charge in [-0.05, 0) is 18.2 Å². The molecule has 0 saturated heterocycles. The van der Waals surface area contributed by atoms with Crippen LogP contribution in [0.1, 0.15) is 10.4 Å². The van der Waals surface area contributed by atoms with Crippen LogP contribution in [0.2, 0.25) is 0 Å². The summed E-state index contributed by atoms with van der Waals surface area (Å²) in [5.74, 6) is -0.986. The van der Waals surface area contributed by atoms with Crippen molar-refractivity contribution in [3.05, 3.63) is 40.9 Å². The zero-order chi connectivity index (χ0) is 10.8. The van der Waals surface area contributed by atoms with Crippen molar-refractivity contribution in [3.8, 4) is 5.69 Å². The van der Waals surface area contributed by atoms with Crippen molar-refractivity contribution in [3.63, 3.8) is 0 Å². The highest BCUT2D eigenvalue weighted by molar-refractivity contribution is 9.10. The Kier molecular flexibility index (Phi) is 2.51. The van der Waals surface area contributed by atoms with Gasteiger partial charge in [0.1, 0.15) is 12.7 Å². The number of aromatic carboxylic acids is 1. The fourth-order valence-corrected chi connectivity index (χ4v) is 1.59. The zero-order valence-corrected chi connectivity index (χ0v) is 9.05. The first kappa shape index (κ1) is 9.85. The van der Waals surface area contributed by atoms with Crippen molar-refractivity contribution in [1.82, 2.24) is 14.8 Å². The van der Waals surface area contributed by atoms with E-state index in [0.29, 0.717) is 5.69 Å². The van der Waals surface area contributed by atoms with Gasteiger partial charge in [-0.1, -0.05) is 15.9 Å². The molecule has 2 rings (SSSR count). The van der Waals surface area contributed by atoms with Crippen LogP contribution in [0, 0.1) is 0 Å². The average Bonchev–Trinajstić information content (AvgIpc) is 2.70. The number of aromatic nitrogens is 3. The van der Waals surface area contributed by atoms with Gasteiger partial charge in [0, 0.05) is 4.47 Å². The van der Waals surface area contributed by atoms with E-state index in [4.69, 9.17) is 5.11 Å². The molecule has 0 radical (unpaired) electrons. The maximum Gasteiger partial charge on any atom is 0.337 e. The van der Waals surface area contributed by atoms with Crippen LogP contribution in [0.25, 0.3) is 5.69 Å². The number of benzene rings is 1. The van der Waals surface area contributed by atoms with Gasteiger partial charge in [-0.15, -0.1) is 10.2 Å². The van der Waals surface area contributed by atoms with Crippen molar-refractivity contribution in [2.24, 2.45) is 0 Å². The number of hydrogen-bond donors (Lipinski definition) is 1. The highest BCUT2D eigenvalue weighted by atomic mass is 79.9. The number of carboxylic acid groups (broad SMARTS) is 1. The summed E-state index contributed by atoms with van der Waals surface area (Å²) in [4.78, 5) is 11.0. The standard InChI is InChI=1S/C9H6BrN3O2/c10-6-1-2-8(7(3-6)9(14)15)13-4-11-12-5-13/h1-5H,(H,14,15). The van der Waals surface area contributed by atoms with Gasteiger partial charge in [-0.3, -0.25) is 4.57 Å². The average molecular weight is 268 g/mol. The van der Waals surface area contributed by atoms with E-state index in [1.54, 1.807) is 16.7 Å². The maximum atomic E-state index is 11.0. The molecule has 76 valence electrons. The Morgan fingerprint density at radius 2 is 2.00 bits per heavy atom. The Balaban J connectivity index is 2.61. The smallest absolute Gasteiger partial charge is 0.337 e. The summed E-state index contributed by atoms with van der Waals surface area (Å²) in [7, 11) is 0. The van der Waals surface area contributed by atoms with Gasteiger partial charge < -0.3 is 5.11 Å². The van der Waals surface area contributed by atoms with Crippen LogP contribution in [-0.2, 0) is 0 Å². The molecule has 15 heavy (non-hydrogen) atoms. The fourth-order valence-electron chi connectivity index (χ4n) is 1.23. The molecule has 2 aromatic rings. The number of hydrogen-bond acceptors (Lipinski definition) is 3. The van der Waals surface area contributed by atoms with E-state index in [0.717, 1.165) is 4.47 Å². The summed E-state index contributed by atoms with van der Waals surface area (Å²) >= 11 is 3.22. The first-order chi connectivity index (χ1) is 7.18. The normalized spacial score (nSPS) is 10.2. The second kappa shape index (κ2) is 3.82. The van der Waals surface area contributed by atoms with E-state index in [1.807, 2.05) is 0 Å². The molecular formula is C9H6BrN3O2. The number of carboxylic acids is 1. The largest absolute Gasteiger partial charge is 0.478 e. The lowest BCUT2D eigenvalue weighted by molar-refractivity contribution is 0.0697. The van der Waals surface area contributed by atoms with E-state index in [9.17, 15) is 4.79 Å². The number of rotatable bonds is 2. The number of nitrogens with zero attached hydrogens (tertiary/aromatic N) is 3. The predicted octanol–water partition coefficient (Wildman–Crippen LogP) is 1.73. The topological polar surface area (TPSA) is 68.0 Å². The van der Waals surface area contributed by atoms with Gasteiger partial charge in [-0.2, -0.15) is 0 Å². The van der Waals surface area contributed by atoms with Crippen molar-refractivity contribution >= 4 is 21.9 Å². The molecule has 0 aliphatic heterocycles. The molecule has 0 aliphatic rings. The van der Waals surface area contributed by atoms with E-state index in [-0.39, 0.29) is 5.56 Å². The van der Waals surface area contributed by atoms with Gasteiger partial charge in [0.15, 0.2) is 0 Å². The maximum absolute atomic E-state index is 11.0. The Morgan fingerprint density at radius 1 is 1.33 bits per heavy atom. The first-order valence-electron chi connectivity index (χ1n) is 4.06. The third-order valence-electron chi connectivity index (χ3n) is 1.89. The highest BCUT2D eigenvalue weighted by Crippen LogP contribution is 2.19. The number of halogens is 1.